The van der Waals surface area contributed by atoms with Gasteiger partial charge in [0.25, 0.3) is 0 Å². The molecule has 0 aliphatic heterocycles. The number of anilines is 1. The summed E-state index contributed by atoms with van der Waals surface area (Å²) in [5, 5.41) is 2.92. The SMILES string of the molecule is CC[C@H](C(=O)NCC(C)C)N(Cc1cccc(C)c1)C(=O)CN(c1cc(C)ccc1OC)S(C)(=O)=O. The third-order valence-corrected chi connectivity index (χ3v) is 6.91. The van der Waals surface area contributed by atoms with E-state index in [0.29, 0.717) is 18.7 Å². The second-order valence-corrected chi connectivity index (χ2v) is 11.4. The molecule has 0 saturated heterocycles. The molecule has 0 saturated carbocycles. The number of nitrogens with one attached hydrogen (secondary N) is 1. The predicted octanol–water partition coefficient (Wildman–Crippen LogP) is 3.66. The molecule has 36 heavy (non-hydrogen) atoms. The minimum atomic E-state index is -3.84. The number of methoxy groups -OCH3 is 1. The normalized spacial score (nSPS) is 12.2. The highest BCUT2D eigenvalue weighted by Gasteiger charge is 2.32. The van der Waals surface area contributed by atoms with Crippen LogP contribution in [0.2, 0.25) is 0 Å². The van der Waals surface area contributed by atoms with E-state index in [1.807, 2.05) is 58.9 Å². The molecule has 0 spiro atoms. The molecule has 2 rings (SSSR count). The first kappa shape index (κ1) is 29.2. The monoisotopic (exact) mass is 517 g/mol. The molecule has 198 valence electrons. The molecular weight excluding hydrogens is 478 g/mol. The maximum Gasteiger partial charge on any atom is 0.244 e. The van der Waals surface area contributed by atoms with Crippen LogP contribution in [0.4, 0.5) is 5.69 Å². The third kappa shape index (κ3) is 7.98. The summed E-state index contributed by atoms with van der Waals surface area (Å²) in [6.07, 6.45) is 1.44. The Bertz CT molecular complexity index is 1160. The highest BCUT2D eigenvalue weighted by Crippen LogP contribution is 2.31. The Morgan fingerprint density at radius 3 is 2.28 bits per heavy atom. The molecule has 1 atom stereocenters. The first-order valence-corrected chi connectivity index (χ1v) is 14.0. The molecule has 0 aromatic heterocycles. The number of carbonyl (C=O) groups excluding carboxylic acids is 2. The molecule has 9 heteroatoms. The molecule has 0 heterocycles. The second kappa shape index (κ2) is 12.8. The zero-order valence-electron chi connectivity index (χ0n) is 22.4. The lowest BCUT2D eigenvalue weighted by Gasteiger charge is -2.33. The van der Waals surface area contributed by atoms with Gasteiger partial charge in [0.05, 0.1) is 19.1 Å². The van der Waals surface area contributed by atoms with Gasteiger partial charge in [0.1, 0.15) is 18.3 Å². The van der Waals surface area contributed by atoms with Crippen molar-refractivity contribution in [1.82, 2.24) is 10.2 Å². The van der Waals surface area contributed by atoms with E-state index in [-0.39, 0.29) is 24.1 Å². The van der Waals surface area contributed by atoms with Crippen molar-refractivity contribution in [2.24, 2.45) is 5.92 Å². The van der Waals surface area contributed by atoms with Gasteiger partial charge in [-0.25, -0.2) is 8.42 Å². The number of aryl methyl sites for hydroxylation is 2. The van der Waals surface area contributed by atoms with E-state index < -0.39 is 28.5 Å². The van der Waals surface area contributed by atoms with Crippen LogP contribution in [-0.2, 0) is 26.2 Å². The van der Waals surface area contributed by atoms with Gasteiger partial charge >= 0.3 is 0 Å². The number of amides is 2. The van der Waals surface area contributed by atoms with Gasteiger partial charge in [-0.05, 0) is 49.4 Å². The molecule has 0 aliphatic rings. The van der Waals surface area contributed by atoms with Crippen LogP contribution in [0, 0.1) is 19.8 Å². The average Bonchev–Trinajstić information content (AvgIpc) is 2.80. The summed E-state index contributed by atoms with van der Waals surface area (Å²) in [6.45, 7) is 9.83. The van der Waals surface area contributed by atoms with Gasteiger partial charge in [-0.3, -0.25) is 13.9 Å². The molecule has 0 aliphatic carbocycles. The van der Waals surface area contributed by atoms with E-state index in [9.17, 15) is 18.0 Å². The van der Waals surface area contributed by atoms with Gasteiger partial charge in [-0.15, -0.1) is 0 Å². The first-order valence-electron chi connectivity index (χ1n) is 12.1. The predicted molar refractivity (Wildman–Crippen MR) is 144 cm³/mol. The summed E-state index contributed by atoms with van der Waals surface area (Å²) in [5.41, 5.74) is 2.99. The molecule has 1 N–H and O–H groups in total. The number of nitrogens with zero attached hydrogens (tertiary/aromatic N) is 2. The van der Waals surface area contributed by atoms with Crippen LogP contribution in [0.5, 0.6) is 5.75 Å². The van der Waals surface area contributed by atoms with Crippen LogP contribution in [0.1, 0.15) is 43.9 Å². The lowest BCUT2D eigenvalue weighted by atomic mass is 10.1. The maximum atomic E-state index is 13.8. The van der Waals surface area contributed by atoms with Gasteiger partial charge in [0.2, 0.25) is 21.8 Å². The highest BCUT2D eigenvalue weighted by atomic mass is 32.2. The van der Waals surface area contributed by atoms with Crippen LogP contribution in [0.25, 0.3) is 0 Å². The van der Waals surface area contributed by atoms with Gasteiger partial charge in [-0.2, -0.15) is 0 Å². The van der Waals surface area contributed by atoms with Crippen molar-refractivity contribution in [2.45, 2.75) is 53.6 Å². The number of carbonyl (C=O) groups is 2. The Kier molecular flexibility index (Phi) is 10.3. The van der Waals surface area contributed by atoms with E-state index in [2.05, 4.69) is 5.32 Å². The fourth-order valence-corrected chi connectivity index (χ4v) is 4.78. The largest absolute Gasteiger partial charge is 0.495 e. The zero-order chi connectivity index (χ0) is 27.0. The molecule has 2 amide bonds. The average molecular weight is 518 g/mol. The van der Waals surface area contributed by atoms with Crippen molar-refractivity contribution < 1.29 is 22.7 Å². The summed E-state index contributed by atoms with van der Waals surface area (Å²) in [5.74, 6) is -0.143. The summed E-state index contributed by atoms with van der Waals surface area (Å²) < 4.78 is 32.1. The lowest BCUT2D eigenvalue weighted by Crippen LogP contribution is -2.52. The van der Waals surface area contributed by atoms with E-state index in [0.717, 1.165) is 27.3 Å². The molecule has 0 radical (unpaired) electrons. The first-order chi connectivity index (χ1) is 16.9. The van der Waals surface area contributed by atoms with Crippen LogP contribution in [-0.4, -0.2) is 57.6 Å². The molecule has 2 aromatic carbocycles. The molecule has 8 nitrogen and oxygen atoms in total. The Balaban J connectivity index is 2.49. The van der Waals surface area contributed by atoms with Gasteiger partial charge in [-0.1, -0.05) is 56.7 Å². The minimum absolute atomic E-state index is 0.177. The lowest BCUT2D eigenvalue weighted by molar-refractivity contribution is -0.140. The Morgan fingerprint density at radius 1 is 1.06 bits per heavy atom. The Labute approximate surface area is 215 Å². The Morgan fingerprint density at radius 2 is 1.72 bits per heavy atom. The third-order valence-electron chi connectivity index (χ3n) is 5.79. The number of hydrogen-bond donors (Lipinski definition) is 1. The zero-order valence-corrected chi connectivity index (χ0v) is 23.2. The second-order valence-electron chi connectivity index (χ2n) is 9.52. The van der Waals surface area contributed by atoms with E-state index in [1.165, 1.54) is 12.0 Å². The van der Waals surface area contributed by atoms with Crippen molar-refractivity contribution in [2.75, 3.05) is 30.8 Å². The van der Waals surface area contributed by atoms with Crippen LogP contribution in [0.15, 0.2) is 42.5 Å². The van der Waals surface area contributed by atoms with Crippen molar-refractivity contribution in [3.05, 3.63) is 59.2 Å². The fourth-order valence-electron chi connectivity index (χ4n) is 3.94. The number of hydrogen-bond acceptors (Lipinski definition) is 5. The van der Waals surface area contributed by atoms with Gasteiger partial charge in [0.15, 0.2) is 0 Å². The van der Waals surface area contributed by atoms with Crippen molar-refractivity contribution in [1.29, 1.82) is 0 Å². The molecule has 0 unspecified atom stereocenters. The molecule has 0 fully saturated rings. The standard InChI is InChI=1S/C27H39N3O5S/c1-8-23(27(32)28-16-19(2)3)29(17-22-11-9-10-20(4)14-22)26(31)18-30(36(7,33)34)24-15-21(5)12-13-25(24)35-6/h9-15,19,23H,8,16-18H2,1-7H3,(H,28,32)/t23-/m1/s1. The summed E-state index contributed by atoms with van der Waals surface area (Å²) in [7, 11) is -2.39. The minimum Gasteiger partial charge on any atom is -0.495 e. The van der Waals surface area contributed by atoms with Crippen LogP contribution < -0.4 is 14.4 Å². The van der Waals surface area contributed by atoms with Crippen LogP contribution >= 0.6 is 0 Å². The smallest absolute Gasteiger partial charge is 0.244 e. The number of ether oxygens (including phenoxy) is 1. The van der Waals surface area contributed by atoms with Crippen LogP contribution in [0.3, 0.4) is 0 Å². The van der Waals surface area contributed by atoms with Crippen molar-refractivity contribution >= 4 is 27.5 Å². The molecule has 2 aromatic rings. The summed E-state index contributed by atoms with van der Waals surface area (Å²) >= 11 is 0. The summed E-state index contributed by atoms with van der Waals surface area (Å²) in [4.78, 5) is 28.4. The van der Waals surface area contributed by atoms with Gasteiger partial charge in [0, 0.05) is 13.1 Å². The topological polar surface area (TPSA) is 96.0 Å². The fraction of sp³-hybridized carbons (Fsp3) is 0.481. The molecule has 0 bridgehead atoms. The quantitative estimate of drug-likeness (QED) is 0.464. The van der Waals surface area contributed by atoms with Crippen molar-refractivity contribution in [3.8, 4) is 5.75 Å². The Hall–Kier alpha value is -3.07. The van der Waals surface area contributed by atoms with Gasteiger partial charge < -0.3 is 15.0 Å². The number of sulfonamides is 1. The van der Waals surface area contributed by atoms with E-state index in [4.69, 9.17) is 4.74 Å². The highest BCUT2D eigenvalue weighted by molar-refractivity contribution is 7.92. The molecular formula is C27H39N3O5S. The maximum absolute atomic E-state index is 13.8. The number of rotatable bonds is 12. The van der Waals surface area contributed by atoms with E-state index >= 15 is 0 Å². The number of benzene rings is 2. The summed E-state index contributed by atoms with van der Waals surface area (Å²) in [6, 6.07) is 12.1. The van der Waals surface area contributed by atoms with Crippen molar-refractivity contribution in [3.63, 3.8) is 0 Å². The van der Waals surface area contributed by atoms with E-state index in [1.54, 1.807) is 18.2 Å².